The van der Waals surface area contributed by atoms with Crippen molar-refractivity contribution in [2.24, 2.45) is 0 Å². The summed E-state index contributed by atoms with van der Waals surface area (Å²) in [6.07, 6.45) is 3.50. The summed E-state index contributed by atoms with van der Waals surface area (Å²) in [6, 6.07) is 12.4. The molecule has 0 amide bonds. The summed E-state index contributed by atoms with van der Waals surface area (Å²) in [6.45, 7) is 0. The first-order valence-corrected chi connectivity index (χ1v) is 7.86. The van der Waals surface area contributed by atoms with E-state index >= 15 is 0 Å². The minimum Gasteiger partial charge on any atom is -0.393 e. The van der Waals surface area contributed by atoms with Gasteiger partial charge in [0.25, 0.3) is 0 Å². The SMILES string of the molecule is OC(CCCc1cccs1)Cc1cccc(Br)c1. The largest absolute Gasteiger partial charge is 0.393 e. The topological polar surface area (TPSA) is 20.2 Å². The van der Waals surface area contributed by atoms with Crippen molar-refractivity contribution < 1.29 is 5.11 Å². The summed E-state index contributed by atoms with van der Waals surface area (Å²) in [4.78, 5) is 1.41. The Balaban J connectivity index is 1.73. The van der Waals surface area contributed by atoms with E-state index in [4.69, 9.17) is 0 Å². The molecule has 3 heteroatoms. The highest BCUT2D eigenvalue weighted by atomic mass is 79.9. The predicted molar refractivity (Wildman–Crippen MR) is 81.1 cm³/mol. The Morgan fingerprint density at radius 2 is 2.11 bits per heavy atom. The summed E-state index contributed by atoms with van der Waals surface area (Å²) in [5.74, 6) is 0. The van der Waals surface area contributed by atoms with Crippen LogP contribution in [0.25, 0.3) is 0 Å². The zero-order chi connectivity index (χ0) is 12.8. The molecule has 1 N–H and O–H groups in total. The molecule has 1 atom stereocenters. The summed E-state index contributed by atoms with van der Waals surface area (Å²) >= 11 is 5.24. The molecule has 96 valence electrons. The molecule has 0 radical (unpaired) electrons. The third-order valence-corrected chi connectivity index (χ3v) is 4.33. The molecule has 0 spiro atoms. The molecule has 0 bridgehead atoms. The molecular formula is C15H17BrOS. The number of hydrogen-bond acceptors (Lipinski definition) is 2. The number of benzene rings is 1. The molecule has 2 rings (SSSR count). The Kier molecular flexibility index (Phi) is 5.42. The first kappa shape index (κ1) is 13.8. The van der Waals surface area contributed by atoms with E-state index in [1.54, 1.807) is 11.3 Å². The van der Waals surface area contributed by atoms with E-state index in [0.717, 1.165) is 30.2 Å². The number of aliphatic hydroxyl groups excluding tert-OH is 1. The van der Waals surface area contributed by atoms with Crippen molar-refractivity contribution in [2.75, 3.05) is 0 Å². The van der Waals surface area contributed by atoms with Gasteiger partial charge in [0.2, 0.25) is 0 Å². The fourth-order valence-corrected chi connectivity index (χ4v) is 3.20. The highest BCUT2D eigenvalue weighted by Gasteiger charge is 2.06. The highest BCUT2D eigenvalue weighted by Crippen LogP contribution is 2.16. The zero-order valence-corrected chi connectivity index (χ0v) is 12.6. The van der Waals surface area contributed by atoms with E-state index in [1.807, 2.05) is 12.1 Å². The third-order valence-electron chi connectivity index (χ3n) is 2.90. The zero-order valence-electron chi connectivity index (χ0n) is 10.2. The predicted octanol–water partition coefficient (Wildman–Crippen LogP) is 4.44. The van der Waals surface area contributed by atoms with Gasteiger partial charge >= 0.3 is 0 Å². The minimum atomic E-state index is -0.237. The smallest absolute Gasteiger partial charge is 0.0580 e. The van der Waals surface area contributed by atoms with Crippen molar-refractivity contribution in [1.82, 2.24) is 0 Å². The van der Waals surface area contributed by atoms with Crippen LogP contribution < -0.4 is 0 Å². The van der Waals surface area contributed by atoms with Crippen molar-refractivity contribution in [3.63, 3.8) is 0 Å². The van der Waals surface area contributed by atoms with Gasteiger partial charge in [0, 0.05) is 9.35 Å². The lowest BCUT2D eigenvalue weighted by Gasteiger charge is -2.10. The van der Waals surface area contributed by atoms with Crippen LogP contribution in [0.1, 0.15) is 23.3 Å². The lowest BCUT2D eigenvalue weighted by Crippen LogP contribution is -2.10. The van der Waals surface area contributed by atoms with Crippen LogP contribution in [0.2, 0.25) is 0 Å². The molecule has 0 fully saturated rings. The molecule has 18 heavy (non-hydrogen) atoms. The number of thiophene rings is 1. The van der Waals surface area contributed by atoms with Crippen LogP contribution in [0.3, 0.4) is 0 Å². The van der Waals surface area contributed by atoms with Crippen molar-refractivity contribution in [3.05, 3.63) is 56.7 Å². The third kappa shape index (κ3) is 4.56. The van der Waals surface area contributed by atoms with Gasteiger partial charge < -0.3 is 5.11 Å². The Hall–Kier alpha value is -0.640. The van der Waals surface area contributed by atoms with Gasteiger partial charge in [-0.05, 0) is 54.8 Å². The van der Waals surface area contributed by atoms with Crippen LogP contribution >= 0.6 is 27.3 Å². The Morgan fingerprint density at radius 3 is 2.83 bits per heavy atom. The van der Waals surface area contributed by atoms with Crippen molar-refractivity contribution in [2.45, 2.75) is 31.8 Å². The fourth-order valence-electron chi connectivity index (χ4n) is 2.00. The maximum atomic E-state index is 10.0. The quantitative estimate of drug-likeness (QED) is 0.833. The van der Waals surface area contributed by atoms with Gasteiger partial charge in [-0.2, -0.15) is 0 Å². The first-order chi connectivity index (χ1) is 8.74. The minimum absolute atomic E-state index is 0.237. The van der Waals surface area contributed by atoms with E-state index in [1.165, 1.54) is 10.4 Å². The monoisotopic (exact) mass is 324 g/mol. The number of rotatable bonds is 6. The van der Waals surface area contributed by atoms with Crippen LogP contribution in [-0.4, -0.2) is 11.2 Å². The second kappa shape index (κ2) is 7.07. The van der Waals surface area contributed by atoms with E-state index in [0.29, 0.717) is 0 Å². The summed E-state index contributed by atoms with van der Waals surface area (Å²) in [7, 11) is 0. The molecule has 1 heterocycles. The van der Waals surface area contributed by atoms with Crippen LogP contribution in [0.5, 0.6) is 0 Å². The van der Waals surface area contributed by atoms with Crippen molar-refractivity contribution in [1.29, 1.82) is 0 Å². The van der Waals surface area contributed by atoms with Gasteiger partial charge in [0.15, 0.2) is 0 Å². The number of halogens is 1. The molecule has 1 aromatic heterocycles. The standard InChI is InChI=1S/C15H17BrOS/c16-13-5-1-4-12(10-13)11-14(17)6-2-7-15-8-3-9-18-15/h1,3-5,8-10,14,17H,2,6-7,11H2. The van der Waals surface area contributed by atoms with E-state index in [-0.39, 0.29) is 6.10 Å². The number of aliphatic hydroxyl groups is 1. The van der Waals surface area contributed by atoms with Crippen LogP contribution in [0.15, 0.2) is 46.3 Å². The van der Waals surface area contributed by atoms with E-state index < -0.39 is 0 Å². The Morgan fingerprint density at radius 1 is 1.22 bits per heavy atom. The fraction of sp³-hybridized carbons (Fsp3) is 0.333. The summed E-state index contributed by atoms with van der Waals surface area (Å²) < 4.78 is 1.07. The normalized spacial score (nSPS) is 12.6. The molecule has 0 saturated heterocycles. The van der Waals surface area contributed by atoms with E-state index in [2.05, 4.69) is 45.6 Å². The average Bonchev–Trinajstić information content (AvgIpc) is 2.82. The molecule has 0 aliphatic rings. The van der Waals surface area contributed by atoms with Crippen LogP contribution in [-0.2, 0) is 12.8 Å². The molecule has 0 aliphatic heterocycles. The van der Waals surface area contributed by atoms with Gasteiger partial charge in [-0.1, -0.05) is 34.1 Å². The van der Waals surface area contributed by atoms with Crippen molar-refractivity contribution >= 4 is 27.3 Å². The van der Waals surface area contributed by atoms with Crippen LogP contribution in [0, 0.1) is 0 Å². The van der Waals surface area contributed by atoms with Gasteiger partial charge in [0.05, 0.1) is 6.10 Å². The molecule has 1 unspecified atom stereocenters. The van der Waals surface area contributed by atoms with Gasteiger partial charge in [0.1, 0.15) is 0 Å². The number of hydrogen-bond donors (Lipinski definition) is 1. The maximum Gasteiger partial charge on any atom is 0.0580 e. The first-order valence-electron chi connectivity index (χ1n) is 6.19. The average molecular weight is 325 g/mol. The summed E-state index contributed by atoms with van der Waals surface area (Å²) in [5.41, 5.74) is 1.19. The van der Waals surface area contributed by atoms with Crippen LogP contribution in [0.4, 0.5) is 0 Å². The second-order valence-corrected chi connectivity index (χ2v) is 6.41. The van der Waals surface area contributed by atoms with Crippen molar-refractivity contribution in [3.8, 4) is 0 Å². The summed E-state index contributed by atoms with van der Waals surface area (Å²) in [5, 5.41) is 12.1. The van der Waals surface area contributed by atoms with Gasteiger partial charge in [-0.25, -0.2) is 0 Å². The second-order valence-electron chi connectivity index (χ2n) is 4.46. The van der Waals surface area contributed by atoms with Gasteiger partial charge in [-0.15, -0.1) is 11.3 Å². The Bertz CT molecular complexity index is 467. The molecule has 0 aliphatic carbocycles. The molecular weight excluding hydrogens is 308 g/mol. The van der Waals surface area contributed by atoms with E-state index in [9.17, 15) is 5.11 Å². The molecule has 2 aromatic rings. The number of aryl methyl sites for hydroxylation is 1. The molecule has 1 nitrogen and oxygen atoms in total. The lowest BCUT2D eigenvalue weighted by atomic mass is 10.0. The molecule has 0 saturated carbocycles. The highest BCUT2D eigenvalue weighted by molar-refractivity contribution is 9.10. The molecule has 1 aromatic carbocycles. The maximum absolute atomic E-state index is 10.0. The Labute approximate surface area is 121 Å². The lowest BCUT2D eigenvalue weighted by molar-refractivity contribution is 0.162. The van der Waals surface area contributed by atoms with Gasteiger partial charge in [-0.3, -0.25) is 0 Å².